The molecule has 1 aromatic rings. The van der Waals surface area contributed by atoms with Crippen molar-refractivity contribution >= 4 is 17.6 Å². The highest BCUT2D eigenvalue weighted by atomic mass is 16.6. The molecule has 1 aromatic carbocycles. The average Bonchev–Trinajstić information content (AvgIpc) is 2.43. The molecule has 20 heavy (non-hydrogen) atoms. The summed E-state index contributed by atoms with van der Waals surface area (Å²) in [5, 5.41) is 22.0. The number of nitrogens with zero attached hydrogens (tertiary/aromatic N) is 1. The van der Waals surface area contributed by atoms with Crippen LogP contribution in [0, 0.1) is 10.1 Å². The van der Waals surface area contributed by atoms with E-state index >= 15 is 0 Å². The quantitative estimate of drug-likeness (QED) is 0.608. The summed E-state index contributed by atoms with van der Waals surface area (Å²) in [7, 11) is 0. The number of carboxylic acids is 1. The Labute approximate surface area is 115 Å². The number of amides is 1. The van der Waals surface area contributed by atoms with E-state index in [1.807, 2.05) is 0 Å². The first-order valence-electron chi connectivity index (χ1n) is 6.14. The van der Waals surface area contributed by atoms with Crippen molar-refractivity contribution in [2.45, 2.75) is 32.2 Å². The van der Waals surface area contributed by atoms with E-state index in [1.165, 1.54) is 18.2 Å². The van der Waals surface area contributed by atoms with Gasteiger partial charge in [0.1, 0.15) is 6.04 Å². The number of nitro benzene ring substituents is 1. The molecule has 2 atom stereocenters. The number of aliphatic carboxylic acids is 1. The lowest BCUT2D eigenvalue weighted by atomic mass is 9.99. The molecule has 108 valence electrons. The second kappa shape index (κ2) is 6.65. The molecule has 0 radical (unpaired) electrons. The van der Waals surface area contributed by atoms with Crippen LogP contribution in [0.1, 0.15) is 31.7 Å². The van der Waals surface area contributed by atoms with Crippen molar-refractivity contribution in [1.82, 2.24) is 5.32 Å². The molecule has 2 N–H and O–H groups in total. The molecule has 0 saturated heterocycles. The highest BCUT2D eigenvalue weighted by Crippen LogP contribution is 2.21. The van der Waals surface area contributed by atoms with Gasteiger partial charge in [-0.05, 0) is 18.9 Å². The molecule has 0 aliphatic heterocycles. The molecule has 0 aromatic heterocycles. The summed E-state index contributed by atoms with van der Waals surface area (Å²) in [5.41, 5.74) is 0.365. The van der Waals surface area contributed by atoms with E-state index in [0.29, 0.717) is 5.56 Å². The van der Waals surface area contributed by atoms with Crippen LogP contribution < -0.4 is 5.32 Å². The third-order valence-corrected chi connectivity index (χ3v) is 3.00. The third-order valence-electron chi connectivity index (χ3n) is 3.00. The Balaban J connectivity index is 2.86. The Morgan fingerprint density at radius 1 is 1.45 bits per heavy atom. The normalized spacial score (nSPS) is 13.3. The second-order valence-electron chi connectivity index (χ2n) is 4.38. The maximum atomic E-state index is 12.0. The summed E-state index contributed by atoms with van der Waals surface area (Å²) in [5.74, 6) is -2.24. The van der Waals surface area contributed by atoms with Crippen LogP contribution in [0.5, 0.6) is 0 Å². The molecule has 0 aliphatic rings. The standard InChI is InChI=1S/C13H16N2O5/c1-3-11(13(17)18)14-12(16)8(2)9-5-4-6-10(7-9)15(19)20/h4-8,11H,3H2,1-2H3,(H,14,16)(H,17,18)/t8?,11-/m1/s1. The monoisotopic (exact) mass is 280 g/mol. The van der Waals surface area contributed by atoms with Crippen molar-refractivity contribution < 1.29 is 19.6 Å². The first-order chi connectivity index (χ1) is 9.36. The van der Waals surface area contributed by atoms with Crippen LogP contribution in [0.4, 0.5) is 5.69 Å². The zero-order valence-electron chi connectivity index (χ0n) is 11.2. The van der Waals surface area contributed by atoms with Gasteiger partial charge in [-0.25, -0.2) is 4.79 Å². The maximum Gasteiger partial charge on any atom is 0.326 e. The van der Waals surface area contributed by atoms with Crippen LogP contribution in [0.25, 0.3) is 0 Å². The van der Waals surface area contributed by atoms with Crippen LogP contribution in [0.2, 0.25) is 0 Å². The number of hydrogen-bond acceptors (Lipinski definition) is 4. The Kier molecular flexibility index (Phi) is 5.19. The second-order valence-corrected chi connectivity index (χ2v) is 4.38. The Morgan fingerprint density at radius 3 is 2.60 bits per heavy atom. The zero-order chi connectivity index (χ0) is 15.3. The molecule has 1 unspecified atom stereocenters. The number of nitrogens with one attached hydrogen (secondary N) is 1. The topological polar surface area (TPSA) is 110 Å². The van der Waals surface area contributed by atoms with E-state index in [1.54, 1.807) is 19.9 Å². The molecule has 0 saturated carbocycles. The molecule has 1 amide bonds. The van der Waals surface area contributed by atoms with Crippen molar-refractivity contribution in [2.75, 3.05) is 0 Å². The van der Waals surface area contributed by atoms with E-state index in [2.05, 4.69) is 5.32 Å². The molecule has 7 nitrogen and oxygen atoms in total. The third kappa shape index (κ3) is 3.78. The number of carboxylic acid groups (broad SMARTS) is 1. The number of carbonyl (C=O) groups is 2. The lowest BCUT2D eigenvalue weighted by molar-refractivity contribution is -0.384. The van der Waals surface area contributed by atoms with E-state index < -0.39 is 28.8 Å². The minimum absolute atomic E-state index is 0.104. The fourth-order valence-corrected chi connectivity index (χ4v) is 1.69. The number of rotatable bonds is 6. The summed E-state index contributed by atoms with van der Waals surface area (Å²) in [6, 6.07) is 4.78. The van der Waals surface area contributed by atoms with Gasteiger partial charge in [0.05, 0.1) is 10.8 Å². The van der Waals surface area contributed by atoms with Gasteiger partial charge in [0.2, 0.25) is 5.91 Å². The lowest BCUT2D eigenvalue weighted by Crippen LogP contribution is -2.42. The van der Waals surface area contributed by atoms with Crippen molar-refractivity contribution in [1.29, 1.82) is 0 Å². The zero-order valence-corrected chi connectivity index (χ0v) is 11.2. The van der Waals surface area contributed by atoms with Crippen molar-refractivity contribution in [3.8, 4) is 0 Å². The smallest absolute Gasteiger partial charge is 0.326 e. The van der Waals surface area contributed by atoms with E-state index in [0.717, 1.165) is 0 Å². The predicted molar refractivity (Wildman–Crippen MR) is 71.4 cm³/mol. The summed E-state index contributed by atoms with van der Waals surface area (Å²) < 4.78 is 0. The fourth-order valence-electron chi connectivity index (χ4n) is 1.69. The van der Waals surface area contributed by atoms with Crippen LogP contribution in [-0.4, -0.2) is 27.9 Å². The van der Waals surface area contributed by atoms with Gasteiger partial charge in [-0.2, -0.15) is 0 Å². The molecule has 1 rings (SSSR count). The number of nitro groups is 1. The first kappa shape index (κ1) is 15.6. The van der Waals surface area contributed by atoms with Crippen LogP contribution >= 0.6 is 0 Å². The summed E-state index contributed by atoms with van der Waals surface area (Å²) >= 11 is 0. The minimum Gasteiger partial charge on any atom is -0.480 e. The lowest BCUT2D eigenvalue weighted by Gasteiger charge is -2.16. The van der Waals surface area contributed by atoms with E-state index in [9.17, 15) is 19.7 Å². The summed E-state index contributed by atoms with van der Waals surface area (Å²) in [6.45, 7) is 3.22. The largest absolute Gasteiger partial charge is 0.480 e. The van der Waals surface area contributed by atoms with Gasteiger partial charge in [-0.3, -0.25) is 14.9 Å². The van der Waals surface area contributed by atoms with Gasteiger partial charge in [0, 0.05) is 12.1 Å². The average molecular weight is 280 g/mol. The summed E-state index contributed by atoms with van der Waals surface area (Å²) in [6.07, 6.45) is 0.267. The highest BCUT2D eigenvalue weighted by molar-refractivity contribution is 5.87. The molecule has 0 aliphatic carbocycles. The number of benzene rings is 1. The maximum absolute atomic E-state index is 12.0. The number of carbonyl (C=O) groups excluding carboxylic acids is 1. The van der Waals surface area contributed by atoms with Gasteiger partial charge in [0.25, 0.3) is 5.69 Å². The van der Waals surface area contributed by atoms with Crippen molar-refractivity contribution in [3.63, 3.8) is 0 Å². The minimum atomic E-state index is -1.10. The molecule has 0 fully saturated rings. The number of non-ortho nitro benzene ring substituents is 1. The molecule has 0 heterocycles. The van der Waals surface area contributed by atoms with Crippen LogP contribution in [-0.2, 0) is 9.59 Å². The van der Waals surface area contributed by atoms with Gasteiger partial charge in [-0.1, -0.05) is 19.1 Å². The van der Waals surface area contributed by atoms with Gasteiger partial charge >= 0.3 is 5.97 Å². The Hall–Kier alpha value is -2.44. The molecule has 7 heteroatoms. The molecule has 0 bridgehead atoms. The van der Waals surface area contributed by atoms with Crippen molar-refractivity contribution in [2.24, 2.45) is 0 Å². The summed E-state index contributed by atoms with van der Waals surface area (Å²) in [4.78, 5) is 33.0. The van der Waals surface area contributed by atoms with Gasteiger partial charge < -0.3 is 10.4 Å². The SMILES string of the molecule is CC[C@@H](NC(=O)C(C)c1cccc([N+](=O)[O-])c1)C(=O)O. The number of hydrogen-bond donors (Lipinski definition) is 2. The Morgan fingerprint density at radius 2 is 2.10 bits per heavy atom. The predicted octanol–water partition coefficient (Wildman–Crippen LogP) is 1.68. The highest BCUT2D eigenvalue weighted by Gasteiger charge is 2.23. The van der Waals surface area contributed by atoms with E-state index in [4.69, 9.17) is 5.11 Å². The fraction of sp³-hybridized carbons (Fsp3) is 0.385. The molecular formula is C13H16N2O5. The molecule has 0 spiro atoms. The van der Waals surface area contributed by atoms with Gasteiger partial charge in [-0.15, -0.1) is 0 Å². The van der Waals surface area contributed by atoms with Crippen LogP contribution in [0.3, 0.4) is 0 Å². The van der Waals surface area contributed by atoms with E-state index in [-0.39, 0.29) is 12.1 Å². The first-order valence-corrected chi connectivity index (χ1v) is 6.14. The molecular weight excluding hydrogens is 264 g/mol. The van der Waals surface area contributed by atoms with Crippen molar-refractivity contribution in [3.05, 3.63) is 39.9 Å². The Bertz CT molecular complexity index is 529. The van der Waals surface area contributed by atoms with Gasteiger partial charge in [0.15, 0.2) is 0 Å². The van der Waals surface area contributed by atoms with Crippen LogP contribution in [0.15, 0.2) is 24.3 Å².